The van der Waals surface area contributed by atoms with Crippen LogP contribution in [0.2, 0.25) is 0 Å². The summed E-state index contributed by atoms with van der Waals surface area (Å²) in [6.45, 7) is 3.62. The largest absolute Gasteiger partial charge is 0.330 e. The number of nitrogens with two attached hydrogens (primary N) is 1. The van der Waals surface area contributed by atoms with Gasteiger partial charge in [0.1, 0.15) is 0 Å². The summed E-state index contributed by atoms with van der Waals surface area (Å²) < 4.78 is 0. The van der Waals surface area contributed by atoms with Gasteiger partial charge in [0.05, 0.1) is 6.54 Å². The van der Waals surface area contributed by atoms with E-state index in [0.29, 0.717) is 6.54 Å². The van der Waals surface area contributed by atoms with Gasteiger partial charge in [0, 0.05) is 0 Å². The highest BCUT2D eigenvalue weighted by Gasteiger charge is 2.25. The summed E-state index contributed by atoms with van der Waals surface area (Å²) >= 11 is 0. The lowest BCUT2D eigenvalue weighted by molar-refractivity contribution is 0.194. The number of nitroso groups, excluding NO2 is 1. The molecule has 1 fully saturated rings. The molecule has 88 valence electrons. The van der Waals surface area contributed by atoms with Gasteiger partial charge in [-0.3, -0.25) is 0 Å². The van der Waals surface area contributed by atoms with Gasteiger partial charge in [-0.25, -0.2) is 0 Å². The highest BCUT2D eigenvalue weighted by atomic mass is 16.3. The predicted octanol–water partition coefficient (Wildman–Crippen LogP) is 2.93. The highest BCUT2D eigenvalue weighted by molar-refractivity contribution is 4.77. The standard InChI is InChI=1S/C12H24N2O/c1-10(5-7-13)12-4-2-3-11(9-12)6-8-14-15/h10-12H,2-9,13H2,1H3. The second-order valence-electron chi connectivity index (χ2n) is 4.99. The molecule has 0 saturated heterocycles. The van der Waals surface area contributed by atoms with Gasteiger partial charge in [-0.15, -0.1) is 0 Å². The van der Waals surface area contributed by atoms with Gasteiger partial charge in [-0.2, -0.15) is 4.91 Å². The minimum atomic E-state index is 0.503. The first kappa shape index (κ1) is 12.6. The topological polar surface area (TPSA) is 55.4 Å². The molecule has 3 unspecified atom stereocenters. The van der Waals surface area contributed by atoms with Crippen LogP contribution in [0.4, 0.5) is 0 Å². The first-order valence-corrected chi connectivity index (χ1v) is 6.27. The van der Waals surface area contributed by atoms with Gasteiger partial charge in [-0.1, -0.05) is 31.4 Å². The van der Waals surface area contributed by atoms with E-state index in [1.54, 1.807) is 0 Å². The summed E-state index contributed by atoms with van der Waals surface area (Å²) in [5, 5.41) is 2.97. The van der Waals surface area contributed by atoms with Crippen molar-refractivity contribution in [2.24, 2.45) is 28.7 Å². The molecule has 1 rings (SSSR count). The van der Waals surface area contributed by atoms with E-state index >= 15 is 0 Å². The van der Waals surface area contributed by atoms with Crippen molar-refractivity contribution in [3.63, 3.8) is 0 Å². The lowest BCUT2D eigenvalue weighted by Crippen LogP contribution is -2.23. The van der Waals surface area contributed by atoms with E-state index < -0.39 is 0 Å². The number of hydrogen-bond donors (Lipinski definition) is 1. The first-order chi connectivity index (χ1) is 7.27. The van der Waals surface area contributed by atoms with Gasteiger partial charge in [-0.05, 0) is 43.6 Å². The van der Waals surface area contributed by atoms with Gasteiger partial charge in [0.15, 0.2) is 0 Å². The molecule has 0 aromatic rings. The van der Waals surface area contributed by atoms with Crippen LogP contribution in [0.25, 0.3) is 0 Å². The van der Waals surface area contributed by atoms with Gasteiger partial charge >= 0.3 is 0 Å². The van der Waals surface area contributed by atoms with Crippen LogP contribution in [0.15, 0.2) is 5.18 Å². The number of hydrogen-bond acceptors (Lipinski definition) is 3. The monoisotopic (exact) mass is 212 g/mol. The van der Waals surface area contributed by atoms with Crippen LogP contribution in [0, 0.1) is 22.7 Å². The smallest absolute Gasteiger partial charge is 0.0813 e. The molecule has 0 bridgehead atoms. The van der Waals surface area contributed by atoms with E-state index in [1.165, 1.54) is 25.7 Å². The van der Waals surface area contributed by atoms with E-state index in [-0.39, 0.29) is 0 Å². The molecule has 0 radical (unpaired) electrons. The Kier molecular flexibility index (Phi) is 5.84. The summed E-state index contributed by atoms with van der Waals surface area (Å²) in [5.41, 5.74) is 5.59. The van der Waals surface area contributed by atoms with Crippen molar-refractivity contribution in [3.05, 3.63) is 4.91 Å². The SMILES string of the molecule is CC(CCN)C1CCCC(CCN=O)C1. The fourth-order valence-electron chi connectivity index (χ4n) is 2.85. The van der Waals surface area contributed by atoms with E-state index in [0.717, 1.165) is 37.1 Å². The lowest BCUT2D eigenvalue weighted by Gasteiger charge is -2.32. The van der Waals surface area contributed by atoms with Crippen LogP contribution < -0.4 is 5.73 Å². The van der Waals surface area contributed by atoms with Crippen molar-refractivity contribution in [1.29, 1.82) is 0 Å². The maximum absolute atomic E-state index is 10.1. The fourth-order valence-corrected chi connectivity index (χ4v) is 2.85. The molecule has 0 aromatic carbocycles. The summed E-state index contributed by atoms with van der Waals surface area (Å²) in [4.78, 5) is 10.1. The molecule has 3 heteroatoms. The van der Waals surface area contributed by atoms with Crippen molar-refractivity contribution in [3.8, 4) is 0 Å². The zero-order valence-corrected chi connectivity index (χ0v) is 9.82. The quantitative estimate of drug-likeness (QED) is 0.688. The average molecular weight is 212 g/mol. The Hall–Kier alpha value is -0.440. The second-order valence-corrected chi connectivity index (χ2v) is 4.99. The minimum Gasteiger partial charge on any atom is -0.330 e. The van der Waals surface area contributed by atoms with Crippen LogP contribution >= 0.6 is 0 Å². The van der Waals surface area contributed by atoms with Gasteiger partial charge < -0.3 is 5.73 Å². The molecule has 3 nitrogen and oxygen atoms in total. The summed E-state index contributed by atoms with van der Waals surface area (Å²) in [6, 6.07) is 0. The van der Waals surface area contributed by atoms with E-state index in [9.17, 15) is 4.91 Å². The Morgan fingerprint density at radius 2 is 2.27 bits per heavy atom. The Balaban J connectivity index is 2.30. The molecule has 15 heavy (non-hydrogen) atoms. The van der Waals surface area contributed by atoms with Crippen molar-refractivity contribution in [2.75, 3.05) is 13.1 Å². The molecule has 1 aliphatic rings. The molecule has 1 saturated carbocycles. The minimum absolute atomic E-state index is 0.503. The van der Waals surface area contributed by atoms with Crippen LogP contribution in [0.3, 0.4) is 0 Å². The van der Waals surface area contributed by atoms with Gasteiger partial charge in [0.2, 0.25) is 0 Å². The summed E-state index contributed by atoms with van der Waals surface area (Å²) in [5.74, 6) is 2.32. The van der Waals surface area contributed by atoms with Crippen LogP contribution in [0.1, 0.15) is 45.4 Å². The predicted molar refractivity (Wildman–Crippen MR) is 63.6 cm³/mol. The maximum Gasteiger partial charge on any atom is 0.0813 e. The molecular weight excluding hydrogens is 188 g/mol. The molecule has 2 N–H and O–H groups in total. The third-order valence-corrected chi connectivity index (χ3v) is 3.88. The van der Waals surface area contributed by atoms with Crippen LogP contribution in [-0.2, 0) is 0 Å². The normalized spacial score (nSPS) is 28.7. The lowest BCUT2D eigenvalue weighted by atomic mass is 9.74. The summed E-state index contributed by atoms with van der Waals surface area (Å²) in [6.07, 6.45) is 7.39. The highest BCUT2D eigenvalue weighted by Crippen LogP contribution is 2.36. The Labute approximate surface area is 92.8 Å². The Morgan fingerprint density at radius 3 is 2.93 bits per heavy atom. The molecule has 1 aliphatic carbocycles. The van der Waals surface area contributed by atoms with Crippen molar-refractivity contribution < 1.29 is 0 Å². The van der Waals surface area contributed by atoms with E-state index in [4.69, 9.17) is 5.73 Å². The molecule has 0 heterocycles. The third kappa shape index (κ3) is 4.29. The van der Waals surface area contributed by atoms with E-state index in [2.05, 4.69) is 12.1 Å². The zero-order valence-electron chi connectivity index (χ0n) is 9.82. The molecule has 0 amide bonds. The van der Waals surface area contributed by atoms with Crippen LogP contribution in [-0.4, -0.2) is 13.1 Å². The molecular formula is C12H24N2O. The molecule has 0 aromatic heterocycles. The van der Waals surface area contributed by atoms with Gasteiger partial charge in [0.25, 0.3) is 0 Å². The van der Waals surface area contributed by atoms with Crippen molar-refractivity contribution in [1.82, 2.24) is 0 Å². The maximum atomic E-state index is 10.1. The molecule has 0 aliphatic heterocycles. The van der Waals surface area contributed by atoms with Crippen molar-refractivity contribution in [2.45, 2.75) is 45.4 Å². The zero-order chi connectivity index (χ0) is 11.1. The Morgan fingerprint density at radius 1 is 1.47 bits per heavy atom. The average Bonchev–Trinajstić information content (AvgIpc) is 2.27. The Bertz CT molecular complexity index is 184. The molecule has 3 atom stereocenters. The van der Waals surface area contributed by atoms with Crippen LogP contribution in [0.5, 0.6) is 0 Å². The van der Waals surface area contributed by atoms with Crippen molar-refractivity contribution >= 4 is 0 Å². The first-order valence-electron chi connectivity index (χ1n) is 6.27. The fraction of sp³-hybridized carbons (Fsp3) is 1.00. The summed E-state index contributed by atoms with van der Waals surface area (Å²) in [7, 11) is 0. The van der Waals surface area contributed by atoms with E-state index in [1.807, 2.05) is 0 Å². The number of rotatable bonds is 6. The molecule has 0 spiro atoms. The number of nitrogens with zero attached hydrogens (tertiary/aromatic N) is 1. The third-order valence-electron chi connectivity index (χ3n) is 3.88. The second kappa shape index (κ2) is 6.94.